The molecule has 0 aliphatic heterocycles. The number of fused-ring (bicyclic) bond motifs is 2. The summed E-state index contributed by atoms with van der Waals surface area (Å²) in [6, 6.07) is 0. The zero-order valence-corrected chi connectivity index (χ0v) is 21.8. The molecule has 0 heterocycles. The second kappa shape index (κ2) is 13.7. The highest BCUT2D eigenvalue weighted by Gasteiger charge is 2.62. The molecule has 0 aromatic heterocycles. The highest BCUT2D eigenvalue weighted by molar-refractivity contribution is 5.93. The van der Waals surface area contributed by atoms with Gasteiger partial charge in [-0.25, -0.2) is 19.2 Å². The van der Waals surface area contributed by atoms with E-state index in [0.29, 0.717) is 23.5 Å². The van der Waals surface area contributed by atoms with Crippen molar-refractivity contribution in [2.75, 3.05) is 6.61 Å². The fourth-order valence-corrected chi connectivity index (χ4v) is 4.11. The van der Waals surface area contributed by atoms with Crippen LogP contribution in [0.15, 0.2) is 49.1 Å². The molecule has 0 spiro atoms. The fraction of sp³-hybridized carbons (Fsp3) is 0.556. The summed E-state index contributed by atoms with van der Waals surface area (Å²) < 4.78 is 10.4. The van der Waals surface area contributed by atoms with Crippen LogP contribution in [-0.4, -0.2) is 46.8 Å². The Morgan fingerprint density at radius 3 is 1.91 bits per heavy atom. The molecule has 2 aliphatic rings. The van der Waals surface area contributed by atoms with Crippen molar-refractivity contribution in [3.8, 4) is 0 Å². The minimum atomic E-state index is -1.12. The molecular weight excluding hydrogens is 452 g/mol. The Morgan fingerprint density at radius 1 is 1.03 bits per heavy atom. The van der Waals surface area contributed by atoms with E-state index in [1.807, 2.05) is 13.8 Å². The van der Waals surface area contributed by atoms with Crippen molar-refractivity contribution in [1.82, 2.24) is 0 Å². The van der Waals surface area contributed by atoms with Gasteiger partial charge in [0.1, 0.15) is 6.10 Å². The maximum atomic E-state index is 11.6. The second-order valence-electron chi connectivity index (χ2n) is 10.0. The van der Waals surface area contributed by atoms with Gasteiger partial charge in [-0.2, -0.15) is 0 Å². The molecule has 3 unspecified atom stereocenters. The molecule has 0 aromatic carbocycles. The number of aliphatic carboxylic acids is 2. The van der Waals surface area contributed by atoms with E-state index in [9.17, 15) is 19.2 Å². The molecule has 3 atom stereocenters. The van der Waals surface area contributed by atoms with Gasteiger partial charge in [0.15, 0.2) is 0 Å². The van der Waals surface area contributed by atoms with E-state index < -0.39 is 17.9 Å². The van der Waals surface area contributed by atoms with Crippen LogP contribution in [0, 0.1) is 22.7 Å². The lowest BCUT2D eigenvalue weighted by Gasteiger charge is -2.38. The Kier molecular flexibility index (Phi) is 12.4. The first-order chi connectivity index (χ1) is 16.0. The van der Waals surface area contributed by atoms with E-state index in [2.05, 4.69) is 40.5 Å². The standard InChI is InChI=1S/C14H22O2.C10H14O4.C3H4O2/c1-9(2)12(15)16-11-8-10-6-7-14(11,5)13(10,3)4;1-7(2)6-14-10(13)8(3)4-5-9(11)12;1-2-3(4)5/h10-11H,1,6-8H2,2-5H3;4-5,7H,3,6H2,1-2H3,(H,11,12);2H,1H2,(H,4,5). The Hall–Kier alpha value is -3.16. The Balaban J connectivity index is 0.000000560. The molecule has 196 valence electrons. The normalized spacial score (nSPS) is 23.3. The van der Waals surface area contributed by atoms with Gasteiger partial charge in [-0.1, -0.05) is 54.4 Å². The molecule has 2 aliphatic carbocycles. The highest BCUT2D eigenvalue weighted by atomic mass is 16.5. The van der Waals surface area contributed by atoms with Gasteiger partial charge in [-0.3, -0.25) is 0 Å². The van der Waals surface area contributed by atoms with Crippen LogP contribution in [0.3, 0.4) is 0 Å². The Bertz CT molecular complexity index is 864. The molecule has 8 heteroatoms. The Labute approximate surface area is 208 Å². The number of carboxylic acid groups (broad SMARTS) is 2. The molecule has 2 bridgehead atoms. The molecule has 2 N–H and O–H groups in total. The molecule has 35 heavy (non-hydrogen) atoms. The summed E-state index contributed by atoms with van der Waals surface area (Å²) >= 11 is 0. The summed E-state index contributed by atoms with van der Waals surface area (Å²) in [6.45, 7) is 22.7. The first-order valence-electron chi connectivity index (χ1n) is 11.5. The van der Waals surface area contributed by atoms with Crippen LogP contribution in [0.25, 0.3) is 0 Å². The summed E-state index contributed by atoms with van der Waals surface area (Å²) in [5.74, 6) is -1.96. The van der Waals surface area contributed by atoms with Gasteiger partial charge in [-0.15, -0.1) is 0 Å². The molecule has 8 nitrogen and oxygen atoms in total. The number of hydrogen-bond donors (Lipinski definition) is 2. The average Bonchev–Trinajstić information content (AvgIpc) is 3.09. The van der Waals surface area contributed by atoms with Gasteiger partial charge >= 0.3 is 23.9 Å². The van der Waals surface area contributed by atoms with Crippen LogP contribution in [0.2, 0.25) is 0 Å². The molecule has 2 rings (SSSR count). The SMILES string of the molecule is C=C(C)C(=O)OC1CC2CCC1(C)C2(C)C.C=C(C=CC(=O)O)C(=O)OCC(C)C.C=CC(=O)O. The molecular formula is C27H40O8. The topological polar surface area (TPSA) is 127 Å². The zero-order valence-electron chi connectivity index (χ0n) is 21.8. The van der Waals surface area contributed by atoms with Crippen molar-refractivity contribution >= 4 is 23.9 Å². The third kappa shape index (κ3) is 9.54. The van der Waals surface area contributed by atoms with E-state index >= 15 is 0 Å². The van der Waals surface area contributed by atoms with Crippen molar-refractivity contribution in [2.45, 2.75) is 66.9 Å². The number of carboxylic acids is 2. The quantitative estimate of drug-likeness (QED) is 0.276. The number of hydrogen-bond acceptors (Lipinski definition) is 6. The van der Waals surface area contributed by atoms with Crippen LogP contribution in [-0.2, 0) is 28.7 Å². The lowest BCUT2D eigenvalue weighted by molar-refractivity contribution is -0.152. The number of carbonyl (C=O) groups excluding carboxylic acids is 2. The largest absolute Gasteiger partial charge is 0.478 e. The minimum Gasteiger partial charge on any atom is -0.478 e. The van der Waals surface area contributed by atoms with Gasteiger partial charge < -0.3 is 19.7 Å². The average molecular weight is 493 g/mol. The monoisotopic (exact) mass is 492 g/mol. The first kappa shape index (κ1) is 31.8. The van der Waals surface area contributed by atoms with Crippen LogP contribution >= 0.6 is 0 Å². The molecule has 0 amide bonds. The van der Waals surface area contributed by atoms with Gasteiger partial charge in [0, 0.05) is 23.1 Å². The first-order valence-corrected chi connectivity index (χ1v) is 11.5. The van der Waals surface area contributed by atoms with E-state index in [4.69, 9.17) is 19.7 Å². The van der Waals surface area contributed by atoms with E-state index in [1.165, 1.54) is 12.8 Å². The van der Waals surface area contributed by atoms with E-state index in [0.717, 1.165) is 24.6 Å². The highest BCUT2D eigenvalue weighted by Crippen LogP contribution is 2.66. The van der Waals surface area contributed by atoms with Gasteiger partial charge in [0.25, 0.3) is 0 Å². The lowest BCUT2D eigenvalue weighted by atomic mass is 9.70. The van der Waals surface area contributed by atoms with Crippen molar-refractivity contribution in [2.24, 2.45) is 22.7 Å². The van der Waals surface area contributed by atoms with Crippen molar-refractivity contribution < 1.29 is 38.9 Å². The van der Waals surface area contributed by atoms with E-state index in [1.54, 1.807) is 6.92 Å². The predicted molar refractivity (Wildman–Crippen MR) is 133 cm³/mol. The molecule has 0 saturated heterocycles. The maximum Gasteiger partial charge on any atom is 0.337 e. The van der Waals surface area contributed by atoms with Crippen molar-refractivity contribution in [3.63, 3.8) is 0 Å². The van der Waals surface area contributed by atoms with Gasteiger partial charge in [0.05, 0.1) is 12.2 Å². The minimum absolute atomic E-state index is 0.0352. The summed E-state index contributed by atoms with van der Waals surface area (Å²) in [4.78, 5) is 42.1. The summed E-state index contributed by atoms with van der Waals surface area (Å²) in [5, 5.41) is 15.9. The third-order valence-corrected chi connectivity index (χ3v) is 6.72. The smallest absolute Gasteiger partial charge is 0.337 e. The van der Waals surface area contributed by atoms with Crippen LogP contribution in [0.4, 0.5) is 0 Å². The summed E-state index contributed by atoms with van der Waals surface area (Å²) in [7, 11) is 0. The van der Waals surface area contributed by atoms with Crippen LogP contribution in [0.5, 0.6) is 0 Å². The molecule has 2 saturated carbocycles. The van der Waals surface area contributed by atoms with Crippen molar-refractivity contribution in [3.05, 3.63) is 49.1 Å². The number of rotatable bonds is 8. The van der Waals surface area contributed by atoms with Crippen LogP contribution in [0.1, 0.15) is 60.8 Å². The van der Waals surface area contributed by atoms with Crippen LogP contribution < -0.4 is 0 Å². The van der Waals surface area contributed by atoms with E-state index in [-0.39, 0.29) is 29.0 Å². The lowest BCUT2D eigenvalue weighted by Crippen LogP contribution is -2.38. The second-order valence-corrected chi connectivity index (χ2v) is 10.0. The zero-order chi connectivity index (χ0) is 27.6. The molecule has 2 fully saturated rings. The number of esters is 2. The third-order valence-electron chi connectivity index (χ3n) is 6.72. The predicted octanol–water partition coefficient (Wildman–Crippen LogP) is 4.96. The molecule has 0 radical (unpaired) electrons. The number of carbonyl (C=O) groups is 4. The summed E-state index contributed by atoms with van der Waals surface area (Å²) in [6.07, 6.45) is 6.38. The molecule has 0 aromatic rings. The van der Waals surface area contributed by atoms with Gasteiger partial charge in [-0.05, 0) is 49.5 Å². The number of ether oxygens (including phenoxy) is 2. The Morgan fingerprint density at radius 2 is 1.57 bits per heavy atom. The van der Waals surface area contributed by atoms with Gasteiger partial charge in [0.2, 0.25) is 0 Å². The maximum absolute atomic E-state index is 11.6. The fourth-order valence-electron chi connectivity index (χ4n) is 4.11. The van der Waals surface area contributed by atoms with Crippen molar-refractivity contribution in [1.29, 1.82) is 0 Å². The summed E-state index contributed by atoms with van der Waals surface area (Å²) in [5.41, 5.74) is 0.993.